The molecular formula is C24H25FN2O3. The molecule has 0 amide bonds. The van der Waals surface area contributed by atoms with Crippen molar-refractivity contribution in [3.63, 3.8) is 0 Å². The largest absolute Gasteiger partial charge is 0.461 e. The summed E-state index contributed by atoms with van der Waals surface area (Å²) in [5.74, 6) is -0.815. The van der Waals surface area contributed by atoms with E-state index in [4.69, 9.17) is 4.42 Å². The quantitative estimate of drug-likeness (QED) is 0.752. The average Bonchev–Trinajstić information content (AvgIpc) is 2.65. The number of Topliss-reactive ketones (excluding diaryl/α,β-unsaturated/α-hetero) is 1. The number of carbonyl (C=O) groups is 1. The summed E-state index contributed by atoms with van der Waals surface area (Å²) < 4.78 is 20.3. The summed E-state index contributed by atoms with van der Waals surface area (Å²) in [4.78, 5) is 25.7. The van der Waals surface area contributed by atoms with E-state index in [1.54, 1.807) is 20.8 Å². The van der Waals surface area contributed by atoms with E-state index < -0.39 is 17.2 Å². The van der Waals surface area contributed by atoms with Gasteiger partial charge in [-0.25, -0.2) is 4.39 Å². The van der Waals surface area contributed by atoms with Gasteiger partial charge in [-0.1, -0.05) is 19.9 Å². The van der Waals surface area contributed by atoms with Crippen molar-refractivity contribution in [3.05, 3.63) is 68.1 Å². The van der Waals surface area contributed by atoms with Crippen molar-refractivity contribution in [3.8, 4) is 6.07 Å². The Labute approximate surface area is 174 Å². The Morgan fingerprint density at radius 2 is 1.97 bits per heavy atom. The average molecular weight is 408 g/mol. The Balaban J connectivity index is 2.30. The molecule has 2 aromatic rings. The van der Waals surface area contributed by atoms with E-state index in [1.807, 2.05) is 13.8 Å². The van der Waals surface area contributed by atoms with E-state index in [0.717, 1.165) is 0 Å². The normalized spacial score (nSPS) is 16.8. The van der Waals surface area contributed by atoms with Gasteiger partial charge in [-0.3, -0.25) is 9.59 Å². The molecule has 1 aliphatic heterocycles. The number of ketones is 1. The third-order valence-electron chi connectivity index (χ3n) is 5.42. The Bertz CT molecular complexity index is 1200. The third-order valence-corrected chi connectivity index (χ3v) is 5.42. The number of halogens is 1. The number of rotatable bonds is 5. The molecule has 0 aliphatic carbocycles. The molecule has 2 heterocycles. The fraction of sp³-hybridized carbons (Fsp3) is 0.375. The number of nitriles is 1. The number of aryl methyl sites for hydroxylation is 1. The molecule has 0 saturated heterocycles. The first kappa shape index (κ1) is 21.5. The van der Waals surface area contributed by atoms with Crippen LogP contribution in [0.3, 0.4) is 0 Å². The summed E-state index contributed by atoms with van der Waals surface area (Å²) in [6.07, 6.45) is 1.05. The number of benzene rings is 1. The first-order valence-corrected chi connectivity index (χ1v) is 10.00. The molecule has 156 valence electrons. The van der Waals surface area contributed by atoms with E-state index in [-0.39, 0.29) is 16.8 Å². The van der Waals surface area contributed by atoms with Crippen LogP contribution >= 0.6 is 0 Å². The standard InChI is InChI=1S/C24H25FN2O3/c1-12(2)6-9-19(28)21-15(5)27-14(4)17(11-26)22(21)16-7-8-18(25)23-20(29)10-13(3)30-24(16)23/h7-8,10,12,22,27H,6,9H2,1-5H3. The highest BCUT2D eigenvalue weighted by molar-refractivity contribution is 6.00. The molecule has 0 fully saturated rings. The zero-order valence-corrected chi connectivity index (χ0v) is 17.9. The minimum Gasteiger partial charge on any atom is -0.461 e. The van der Waals surface area contributed by atoms with Gasteiger partial charge in [-0.2, -0.15) is 5.26 Å². The van der Waals surface area contributed by atoms with E-state index in [1.165, 1.54) is 18.2 Å². The molecule has 6 heteroatoms. The fourth-order valence-electron chi connectivity index (χ4n) is 3.97. The fourth-order valence-corrected chi connectivity index (χ4v) is 3.97. The first-order chi connectivity index (χ1) is 14.1. The topological polar surface area (TPSA) is 83.1 Å². The van der Waals surface area contributed by atoms with Gasteiger partial charge in [0.05, 0.1) is 17.6 Å². The molecule has 1 atom stereocenters. The van der Waals surface area contributed by atoms with Crippen LogP contribution < -0.4 is 10.7 Å². The van der Waals surface area contributed by atoms with Crippen molar-refractivity contribution in [1.82, 2.24) is 5.32 Å². The van der Waals surface area contributed by atoms with Gasteiger partial charge >= 0.3 is 0 Å². The number of nitrogens with zero attached hydrogens (tertiary/aromatic N) is 1. The van der Waals surface area contributed by atoms with Crippen LogP contribution in [-0.4, -0.2) is 5.78 Å². The van der Waals surface area contributed by atoms with Crippen molar-refractivity contribution in [2.24, 2.45) is 5.92 Å². The van der Waals surface area contributed by atoms with Gasteiger partial charge in [0.25, 0.3) is 0 Å². The van der Waals surface area contributed by atoms with Crippen LogP contribution in [-0.2, 0) is 4.79 Å². The highest BCUT2D eigenvalue weighted by Crippen LogP contribution is 2.41. The van der Waals surface area contributed by atoms with Gasteiger partial charge < -0.3 is 9.73 Å². The lowest BCUT2D eigenvalue weighted by Gasteiger charge is -2.29. The molecule has 1 aromatic heterocycles. The minimum atomic E-state index is -0.732. The Morgan fingerprint density at radius 1 is 1.27 bits per heavy atom. The van der Waals surface area contributed by atoms with E-state index >= 15 is 0 Å². The number of fused-ring (bicyclic) bond motifs is 1. The van der Waals surface area contributed by atoms with Crippen molar-refractivity contribution >= 4 is 16.8 Å². The molecule has 3 rings (SSSR count). The molecule has 0 radical (unpaired) electrons. The smallest absolute Gasteiger partial charge is 0.195 e. The second kappa shape index (κ2) is 8.27. The number of hydrogen-bond acceptors (Lipinski definition) is 5. The maximum Gasteiger partial charge on any atom is 0.195 e. The molecule has 0 saturated carbocycles. The zero-order valence-electron chi connectivity index (χ0n) is 17.9. The van der Waals surface area contributed by atoms with Gasteiger partial charge in [0.15, 0.2) is 11.2 Å². The van der Waals surface area contributed by atoms with Crippen molar-refractivity contribution in [2.45, 2.75) is 53.4 Å². The summed E-state index contributed by atoms with van der Waals surface area (Å²) in [5, 5.41) is 12.8. The van der Waals surface area contributed by atoms with Gasteiger partial charge in [0.2, 0.25) is 0 Å². The molecule has 5 nitrogen and oxygen atoms in total. The lowest BCUT2D eigenvalue weighted by Crippen LogP contribution is -2.28. The van der Waals surface area contributed by atoms with Crippen molar-refractivity contribution in [1.29, 1.82) is 5.26 Å². The van der Waals surface area contributed by atoms with Gasteiger partial charge in [0, 0.05) is 35.0 Å². The molecule has 30 heavy (non-hydrogen) atoms. The number of hydrogen-bond donors (Lipinski definition) is 1. The highest BCUT2D eigenvalue weighted by atomic mass is 19.1. The third kappa shape index (κ3) is 3.80. The summed E-state index contributed by atoms with van der Waals surface area (Å²) in [5.41, 5.74) is 2.10. The van der Waals surface area contributed by atoms with Crippen molar-refractivity contribution < 1.29 is 13.6 Å². The van der Waals surface area contributed by atoms with Crippen LogP contribution in [0.4, 0.5) is 4.39 Å². The number of dihydropyridines is 1. The molecule has 1 aliphatic rings. The molecular weight excluding hydrogens is 383 g/mol. The summed E-state index contributed by atoms with van der Waals surface area (Å²) in [6.45, 7) is 9.25. The number of carbonyl (C=O) groups excluding carboxylic acids is 1. The van der Waals surface area contributed by atoms with Crippen LogP contribution in [0.5, 0.6) is 0 Å². The van der Waals surface area contributed by atoms with Crippen LogP contribution in [0.2, 0.25) is 0 Å². The first-order valence-electron chi connectivity index (χ1n) is 10.00. The monoisotopic (exact) mass is 408 g/mol. The maximum absolute atomic E-state index is 14.5. The zero-order chi connectivity index (χ0) is 22.2. The lowest BCUT2D eigenvalue weighted by atomic mass is 9.77. The Morgan fingerprint density at radius 3 is 2.60 bits per heavy atom. The minimum absolute atomic E-state index is 0.0774. The second-order valence-corrected chi connectivity index (χ2v) is 8.16. The SMILES string of the molecule is CC1=C(C#N)C(c2ccc(F)c3c(=O)cc(C)oc23)C(C(=O)CCC(C)C)=C(C)N1. The van der Waals surface area contributed by atoms with Crippen molar-refractivity contribution in [2.75, 3.05) is 0 Å². The molecule has 0 bridgehead atoms. The summed E-state index contributed by atoms with van der Waals surface area (Å²) in [6, 6.07) is 6.13. The molecule has 0 spiro atoms. The van der Waals surface area contributed by atoms with Gasteiger partial charge in [0.1, 0.15) is 22.5 Å². The van der Waals surface area contributed by atoms with E-state index in [9.17, 15) is 19.2 Å². The number of allylic oxidation sites excluding steroid dienone is 4. The Hall–Kier alpha value is -3.20. The van der Waals surface area contributed by atoms with Crippen LogP contribution in [0, 0.1) is 30.0 Å². The van der Waals surface area contributed by atoms with Crippen LogP contribution in [0.25, 0.3) is 11.0 Å². The van der Waals surface area contributed by atoms with E-state index in [0.29, 0.717) is 52.6 Å². The predicted molar refractivity (Wildman–Crippen MR) is 113 cm³/mol. The molecule has 1 unspecified atom stereocenters. The summed E-state index contributed by atoms with van der Waals surface area (Å²) in [7, 11) is 0. The molecule has 1 aromatic carbocycles. The Kier molecular flexibility index (Phi) is 5.93. The maximum atomic E-state index is 14.5. The van der Waals surface area contributed by atoms with E-state index in [2.05, 4.69) is 11.4 Å². The predicted octanol–water partition coefficient (Wildman–Crippen LogP) is 5.00. The van der Waals surface area contributed by atoms with Crippen LogP contribution in [0.15, 0.2) is 50.0 Å². The lowest BCUT2D eigenvalue weighted by molar-refractivity contribution is -0.116. The molecule has 1 N–H and O–H groups in total. The van der Waals surface area contributed by atoms with Gasteiger partial charge in [-0.15, -0.1) is 0 Å². The highest BCUT2D eigenvalue weighted by Gasteiger charge is 2.35. The van der Waals surface area contributed by atoms with Gasteiger partial charge in [-0.05, 0) is 39.2 Å². The summed E-state index contributed by atoms with van der Waals surface area (Å²) >= 11 is 0. The van der Waals surface area contributed by atoms with Crippen LogP contribution in [0.1, 0.15) is 57.8 Å². The number of nitrogens with one attached hydrogen (secondary N) is 1. The second-order valence-electron chi connectivity index (χ2n) is 8.16.